The molecule has 1 amide bonds. The van der Waals surface area contributed by atoms with E-state index in [1.807, 2.05) is 30.3 Å². The molecule has 0 aromatic heterocycles. The number of hydrogen-bond donors (Lipinski definition) is 2. The van der Waals surface area contributed by atoms with Gasteiger partial charge in [-0.3, -0.25) is 4.79 Å². The molecule has 94 valence electrons. The molecule has 0 spiro atoms. The van der Waals surface area contributed by atoms with Gasteiger partial charge in [0.25, 0.3) is 0 Å². The Hall–Kier alpha value is -1.35. The van der Waals surface area contributed by atoms with Gasteiger partial charge in [-0.25, -0.2) is 0 Å². The average Bonchev–Trinajstić information content (AvgIpc) is 2.34. The summed E-state index contributed by atoms with van der Waals surface area (Å²) in [5.74, 6) is 0.797. The van der Waals surface area contributed by atoms with E-state index >= 15 is 0 Å². The van der Waals surface area contributed by atoms with E-state index < -0.39 is 0 Å². The molecule has 1 unspecified atom stereocenters. The lowest BCUT2D eigenvalue weighted by Gasteiger charge is -2.18. The molecule has 0 bridgehead atoms. The van der Waals surface area contributed by atoms with Crippen LogP contribution in [-0.4, -0.2) is 12.5 Å². The summed E-state index contributed by atoms with van der Waals surface area (Å²) in [7, 11) is 0. The second kappa shape index (κ2) is 7.07. The Balaban J connectivity index is 2.35. The molecule has 1 aromatic carbocycles. The van der Waals surface area contributed by atoms with Crippen molar-refractivity contribution in [1.29, 1.82) is 0 Å². The van der Waals surface area contributed by atoms with E-state index in [-0.39, 0.29) is 11.8 Å². The summed E-state index contributed by atoms with van der Waals surface area (Å²) in [6.07, 6.45) is 0.515. The summed E-state index contributed by atoms with van der Waals surface area (Å²) in [4.78, 5) is 11.7. The molecule has 0 aliphatic rings. The smallest absolute Gasteiger partial charge is 0.220 e. The second-order valence-corrected chi connectivity index (χ2v) is 4.71. The molecule has 0 saturated carbocycles. The first-order valence-electron chi connectivity index (χ1n) is 6.14. The second-order valence-electron chi connectivity index (χ2n) is 4.71. The van der Waals surface area contributed by atoms with Crippen LogP contribution in [0, 0.1) is 11.8 Å². The van der Waals surface area contributed by atoms with Crippen molar-refractivity contribution in [3.63, 3.8) is 0 Å². The van der Waals surface area contributed by atoms with Crippen LogP contribution in [0.1, 0.15) is 25.8 Å². The highest BCUT2D eigenvalue weighted by Crippen LogP contribution is 2.13. The van der Waals surface area contributed by atoms with E-state index in [4.69, 9.17) is 5.73 Å². The number of carbonyl (C=O) groups is 1. The Bertz CT molecular complexity index is 335. The number of hydrogen-bond acceptors (Lipinski definition) is 2. The van der Waals surface area contributed by atoms with Crippen molar-refractivity contribution >= 4 is 5.91 Å². The van der Waals surface area contributed by atoms with Gasteiger partial charge >= 0.3 is 0 Å². The molecular formula is C14H22N2O. The van der Waals surface area contributed by atoms with Crippen molar-refractivity contribution in [3.05, 3.63) is 35.9 Å². The molecule has 0 aliphatic heterocycles. The summed E-state index contributed by atoms with van der Waals surface area (Å²) in [5.41, 5.74) is 6.77. The van der Waals surface area contributed by atoms with Crippen molar-refractivity contribution < 1.29 is 4.79 Å². The first-order chi connectivity index (χ1) is 8.13. The van der Waals surface area contributed by atoms with Gasteiger partial charge in [-0.1, -0.05) is 44.2 Å². The molecule has 0 aliphatic carbocycles. The monoisotopic (exact) mass is 234 g/mol. The molecule has 0 saturated heterocycles. The zero-order valence-electron chi connectivity index (χ0n) is 10.6. The predicted molar refractivity (Wildman–Crippen MR) is 70.3 cm³/mol. The average molecular weight is 234 g/mol. The van der Waals surface area contributed by atoms with E-state index in [9.17, 15) is 4.79 Å². The van der Waals surface area contributed by atoms with Gasteiger partial charge in [0.1, 0.15) is 0 Å². The molecule has 3 heteroatoms. The van der Waals surface area contributed by atoms with Crippen LogP contribution >= 0.6 is 0 Å². The lowest BCUT2D eigenvalue weighted by Crippen LogP contribution is -2.30. The highest BCUT2D eigenvalue weighted by Gasteiger charge is 2.15. The fourth-order valence-corrected chi connectivity index (χ4v) is 1.70. The van der Waals surface area contributed by atoms with E-state index in [0.717, 1.165) is 5.56 Å². The van der Waals surface area contributed by atoms with Crippen LogP contribution in [0.15, 0.2) is 30.3 Å². The van der Waals surface area contributed by atoms with E-state index in [1.54, 1.807) is 0 Å². The molecular weight excluding hydrogens is 212 g/mol. The van der Waals surface area contributed by atoms with E-state index in [0.29, 0.717) is 25.4 Å². The van der Waals surface area contributed by atoms with Crippen molar-refractivity contribution in [3.8, 4) is 0 Å². The standard InChI is InChI=1S/C14H22N2O/c1-11(2)13(9-15)8-14(17)16-10-12-6-4-3-5-7-12/h3-7,11,13H,8-10,15H2,1-2H3,(H,16,17). The van der Waals surface area contributed by atoms with E-state index in [2.05, 4.69) is 19.2 Å². The van der Waals surface area contributed by atoms with Gasteiger partial charge in [-0.15, -0.1) is 0 Å². The van der Waals surface area contributed by atoms with E-state index in [1.165, 1.54) is 0 Å². The van der Waals surface area contributed by atoms with Crippen LogP contribution < -0.4 is 11.1 Å². The number of amides is 1. The number of nitrogens with two attached hydrogens (primary N) is 1. The lowest BCUT2D eigenvalue weighted by molar-refractivity contribution is -0.122. The Labute approximate surface area is 103 Å². The first-order valence-corrected chi connectivity index (χ1v) is 6.14. The summed E-state index contributed by atoms with van der Waals surface area (Å²) >= 11 is 0. The van der Waals surface area contributed by atoms with Crippen LogP contribution in [0.25, 0.3) is 0 Å². The molecule has 3 nitrogen and oxygen atoms in total. The quantitative estimate of drug-likeness (QED) is 0.790. The zero-order chi connectivity index (χ0) is 12.7. The predicted octanol–water partition coefficient (Wildman–Crippen LogP) is 1.92. The number of rotatable bonds is 6. The minimum atomic E-state index is 0.0815. The molecule has 1 rings (SSSR count). The molecule has 0 radical (unpaired) electrons. The van der Waals surface area contributed by atoms with Crippen molar-refractivity contribution in [2.45, 2.75) is 26.8 Å². The van der Waals surface area contributed by atoms with Gasteiger partial charge in [-0.05, 0) is 23.9 Å². The Morgan fingerprint density at radius 2 is 1.94 bits per heavy atom. The maximum atomic E-state index is 11.7. The summed E-state index contributed by atoms with van der Waals surface area (Å²) in [6.45, 7) is 5.36. The van der Waals surface area contributed by atoms with Crippen LogP contribution in [0.5, 0.6) is 0 Å². The number of benzene rings is 1. The maximum absolute atomic E-state index is 11.7. The largest absolute Gasteiger partial charge is 0.352 e. The topological polar surface area (TPSA) is 55.1 Å². The molecule has 0 fully saturated rings. The first kappa shape index (κ1) is 13.7. The molecule has 1 aromatic rings. The van der Waals surface area contributed by atoms with Crippen molar-refractivity contribution in [2.75, 3.05) is 6.54 Å². The SMILES string of the molecule is CC(C)C(CN)CC(=O)NCc1ccccc1. The number of carbonyl (C=O) groups excluding carboxylic acids is 1. The van der Waals surface area contributed by atoms with Gasteiger partial charge in [0.05, 0.1) is 0 Å². The Kier molecular flexibility index (Phi) is 5.70. The normalized spacial score (nSPS) is 12.5. The minimum absolute atomic E-state index is 0.0815. The molecule has 17 heavy (non-hydrogen) atoms. The van der Waals surface area contributed by atoms with Crippen LogP contribution in [-0.2, 0) is 11.3 Å². The fraction of sp³-hybridized carbons (Fsp3) is 0.500. The summed E-state index contributed by atoms with van der Waals surface area (Å²) in [5, 5.41) is 2.92. The molecule has 0 heterocycles. The van der Waals surface area contributed by atoms with Crippen molar-refractivity contribution in [1.82, 2.24) is 5.32 Å². The third-order valence-electron chi connectivity index (χ3n) is 3.03. The summed E-state index contributed by atoms with van der Waals surface area (Å²) < 4.78 is 0. The third-order valence-corrected chi connectivity index (χ3v) is 3.03. The summed E-state index contributed by atoms with van der Waals surface area (Å²) in [6, 6.07) is 9.91. The maximum Gasteiger partial charge on any atom is 0.220 e. The highest BCUT2D eigenvalue weighted by atomic mass is 16.1. The Morgan fingerprint density at radius 3 is 2.47 bits per heavy atom. The van der Waals surface area contributed by atoms with Crippen LogP contribution in [0.2, 0.25) is 0 Å². The number of nitrogens with one attached hydrogen (secondary N) is 1. The lowest BCUT2D eigenvalue weighted by atomic mass is 9.92. The van der Waals surface area contributed by atoms with Gasteiger partial charge in [0.15, 0.2) is 0 Å². The van der Waals surface area contributed by atoms with Crippen LogP contribution in [0.4, 0.5) is 0 Å². The molecule has 3 N–H and O–H groups in total. The van der Waals surface area contributed by atoms with Gasteiger partial charge in [0.2, 0.25) is 5.91 Å². The third kappa shape index (κ3) is 5.00. The van der Waals surface area contributed by atoms with Gasteiger partial charge in [0, 0.05) is 13.0 Å². The fourth-order valence-electron chi connectivity index (χ4n) is 1.70. The highest BCUT2D eigenvalue weighted by molar-refractivity contribution is 5.76. The molecule has 1 atom stereocenters. The van der Waals surface area contributed by atoms with Gasteiger partial charge in [-0.2, -0.15) is 0 Å². The zero-order valence-corrected chi connectivity index (χ0v) is 10.6. The van der Waals surface area contributed by atoms with Crippen molar-refractivity contribution in [2.24, 2.45) is 17.6 Å². The van der Waals surface area contributed by atoms with Gasteiger partial charge < -0.3 is 11.1 Å². The van der Waals surface area contributed by atoms with Crippen LogP contribution in [0.3, 0.4) is 0 Å². The Morgan fingerprint density at radius 1 is 1.29 bits per heavy atom. The minimum Gasteiger partial charge on any atom is -0.352 e.